The fourth-order valence-corrected chi connectivity index (χ4v) is 3.08. The molecule has 0 atom stereocenters. The Balaban J connectivity index is 2.23. The molecule has 0 bridgehead atoms. The lowest BCUT2D eigenvalue weighted by atomic mass is 9.99. The van der Waals surface area contributed by atoms with Gasteiger partial charge in [0.15, 0.2) is 5.78 Å². The molecule has 9 heteroatoms. The molecule has 1 aromatic carbocycles. The highest BCUT2D eigenvalue weighted by atomic mass is 19.4. The summed E-state index contributed by atoms with van der Waals surface area (Å²) in [4.78, 5) is 23.9. The Labute approximate surface area is 177 Å². The van der Waals surface area contributed by atoms with E-state index in [-0.39, 0.29) is 41.0 Å². The number of carbonyl (C=O) groups excluding carboxylic acids is 1. The summed E-state index contributed by atoms with van der Waals surface area (Å²) < 4.78 is 45.8. The molecule has 0 spiro atoms. The minimum atomic E-state index is -4.64. The van der Waals surface area contributed by atoms with Gasteiger partial charge in [-0.15, -0.1) is 0 Å². The first kappa shape index (κ1) is 22.2. The van der Waals surface area contributed by atoms with Gasteiger partial charge in [0.05, 0.1) is 11.3 Å². The van der Waals surface area contributed by atoms with Gasteiger partial charge in [-0.1, -0.05) is 37.3 Å². The van der Waals surface area contributed by atoms with E-state index in [1.54, 1.807) is 30.3 Å². The van der Waals surface area contributed by atoms with Crippen LogP contribution in [0.4, 0.5) is 19.1 Å². The van der Waals surface area contributed by atoms with Gasteiger partial charge in [0, 0.05) is 17.7 Å². The molecule has 2 N–H and O–H groups in total. The summed E-state index contributed by atoms with van der Waals surface area (Å²) in [5.74, 6) is -0.342. The largest absolute Gasteiger partial charge is 0.469 e. The Morgan fingerprint density at radius 3 is 2.42 bits per heavy atom. The van der Waals surface area contributed by atoms with Crippen LogP contribution in [0.3, 0.4) is 0 Å². The Kier molecular flexibility index (Phi) is 6.53. The number of alkyl halides is 3. The predicted molar refractivity (Wildman–Crippen MR) is 110 cm³/mol. The minimum absolute atomic E-state index is 0.0606. The fraction of sp³-hybridized carbons (Fsp3) is 0.273. The van der Waals surface area contributed by atoms with Crippen molar-refractivity contribution >= 4 is 11.7 Å². The maximum Gasteiger partial charge on any atom is 0.433 e. The molecular formula is C22H21F3N4O2. The standard InChI is InChI=1S/C22H21F3N4O2/c1-3-7-16(30)12-31-20-18(15-10-13(2)27-17(11-15)22(23,24)25)19(28-21(26)29-20)14-8-5-4-6-9-14/h4-6,8-11H,3,7,12H2,1-2H3,(H2,26,28,29). The molecule has 0 saturated carbocycles. The second-order valence-corrected chi connectivity index (χ2v) is 6.93. The van der Waals surface area contributed by atoms with Gasteiger partial charge < -0.3 is 10.5 Å². The number of aromatic nitrogens is 3. The highest BCUT2D eigenvalue weighted by Crippen LogP contribution is 2.40. The quantitative estimate of drug-likeness (QED) is 0.575. The highest BCUT2D eigenvalue weighted by Gasteiger charge is 2.33. The van der Waals surface area contributed by atoms with Gasteiger partial charge in [-0.2, -0.15) is 18.2 Å². The number of halogens is 3. The number of nitrogens with zero attached hydrogens (tertiary/aromatic N) is 3. The zero-order valence-corrected chi connectivity index (χ0v) is 17.0. The third-order valence-electron chi connectivity index (χ3n) is 4.37. The zero-order chi connectivity index (χ0) is 22.6. The van der Waals surface area contributed by atoms with Gasteiger partial charge in [0.25, 0.3) is 0 Å². The van der Waals surface area contributed by atoms with Gasteiger partial charge >= 0.3 is 6.18 Å². The number of Topliss-reactive ketones (excluding diaryl/α,β-unsaturated/α-hetero) is 1. The normalized spacial score (nSPS) is 11.4. The third kappa shape index (κ3) is 5.36. The molecule has 31 heavy (non-hydrogen) atoms. The van der Waals surface area contributed by atoms with Crippen LogP contribution >= 0.6 is 0 Å². The molecule has 0 radical (unpaired) electrons. The second kappa shape index (κ2) is 9.11. The van der Waals surface area contributed by atoms with Gasteiger partial charge in [-0.25, -0.2) is 9.97 Å². The predicted octanol–water partition coefficient (Wildman–Crippen LogP) is 4.86. The molecule has 2 aromatic heterocycles. The molecule has 3 rings (SSSR count). The number of aryl methyl sites for hydroxylation is 1. The molecule has 2 heterocycles. The fourth-order valence-electron chi connectivity index (χ4n) is 3.08. The first-order chi connectivity index (χ1) is 14.7. The number of anilines is 1. The Morgan fingerprint density at radius 2 is 1.77 bits per heavy atom. The summed E-state index contributed by atoms with van der Waals surface area (Å²) in [7, 11) is 0. The van der Waals surface area contributed by atoms with Crippen molar-refractivity contribution in [3.63, 3.8) is 0 Å². The van der Waals surface area contributed by atoms with Gasteiger partial charge in [-0.3, -0.25) is 4.79 Å². The molecule has 0 amide bonds. The molecular weight excluding hydrogens is 409 g/mol. The van der Waals surface area contributed by atoms with Crippen molar-refractivity contribution in [3.8, 4) is 28.3 Å². The van der Waals surface area contributed by atoms with Crippen LogP contribution in [0.25, 0.3) is 22.4 Å². The van der Waals surface area contributed by atoms with Crippen molar-refractivity contribution in [2.75, 3.05) is 12.3 Å². The van der Waals surface area contributed by atoms with Gasteiger partial charge in [-0.05, 0) is 31.0 Å². The van der Waals surface area contributed by atoms with Crippen molar-refractivity contribution < 1.29 is 22.7 Å². The molecule has 0 fully saturated rings. The van der Waals surface area contributed by atoms with Crippen LogP contribution < -0.4 is 10.5 Å². The van der Waals surface area contributed by atoms with Crippen LogP contribution in [0, 0.1) is 6.92 Å². The van der Waals surface area contributed by atoms with Crippen LogP contribution in [0.2, 0.25) is 0 Å². The number of benzene rings is 1. The molecule has 162 valence electrons. The van der Waals surface area contributed by atoms with E-state index in [0.29, 0.717) is 24.1 Å². The first-order valence-electron chi connectivity index (χ1n) is 9.62. The monoisotopic (exact) mass is 430 g/mol. The highest BCUT2D eigenvalue weighted by molar-refractivity contribution is 5.86. The molecule has 0 saturated heterocycles. The summed E-state index contributed by atoms with van der Waals surface area (Å²) in [6.07, 6.45) is -3.68. The smallest absolute Gasteiger partial charge is 0.433 e. The molecule has 0 aliphatic heterocycles. The number of ether oxygens (including phenoxy) is 1. The number of hydrogen-bond donors (Lipinski definition) is 1. The van der Waals surface area contributed by atoms with Gasteiger partial charge in [0.1, 0.15) is 12.3 Å². The second-order valence-electron chi connectivity index (χ2n) is 6.93. The first-order valence-corrected chi connectivity index (χ1v) is 9.62. The van der Waals surface area contributed by atoms with Crippen molar-refractivity contribution in [2.45, 2.75) is 32.9 Å². The maximum atomic E-state index is 13.4. The molecule has 0 unspecified atom stereocenters. The number of hydrogen-bond acceptors (Lipinski definition) is 6. The summed E-state index contributed by atoms with van der Waals surface area (Å²) in [5.41, 5.74) is 6.25. The van der Waals surface area contributed by atoms with Crippen LogP contribution in [-0.4, -0.2) is 27.3 Å². The molecule has 3 aromatic rings. The van der Waals surface area contributed by atoms with E-state index >= 15 is 0 Å². The average Bonchev–Trinajstić information content (AvgIpc) is 2.71. The number of nitrogens with two attached hydrogens (primary N) is 1. The van der Waals surface area contributed by atoms with Crippen LogP contribution in [0.15, 0.2) is 42.5 Å². The third-order valence-corrected chi connectivity index (χ3v) is 4.37. The molecule has 0 aliphatic rings. The summed E-state index contributed by atoms with van der Waals surface area (Å²) in [6.45, 7) is 3.05. The zero-order valence-electron chi connectivity index (χ0n) is 17.0. The van der Waals surface area contributed by atoms with Gasteiger partial charge in [0.2, 0.25) is 11.8 Å². The number of pyridine rings is 1. The van der Waals surface area contributed by atoms with E-state index < -0.39 is 11.9 Å². The van der Waals surface area contributed by atoms with E-state index in [0.717, 1.165) is 6.07 Å². The number of rotatable bonds is 7. The van der Waals surface area contributed by atoms with Crippen molar-refractivity contribution in [1.82, 2.24) is 15.0 Å². The Hall–Kier alpha value is -3.49. The van der Waals surface area contributed by atoms with Crippen molar-refractivity contribution in [2.24, 2.45) is 0 Å². The van der Waals surface area contributed by atoms with E-state index in [9.17, 15) is 18.0 Å². The van der Waals surface area contributed by atoms with E-state index in [1.807, 2.05) is 6.92 Å². The lowest BCUT2D eigenvalue weighted by molar-refractivity contribution is -0.141. The van der Waals surface area contributed by atoms with Crippen LogP contribution in [0.1, 0.15) is 31.2 Å². The topological polar surface area (TPSA) is 91.0 Å². The Bertz CT molecular complexity index is 1090. The number of nitrogen functional groups attached to an aromatic ring is 1. The Morgan fingerprint density at radius 1 is 1.06 bits per heavy atom. The summed E-state index contributed by atoms with van der Waals surface area (Å²) in [6, 6.07) is 11.2. The lowest BCUT2D eigenvalue weighted by Crippen LogP contribution is -2.14. The van der Waals surface area contributed by atoms with Crippen molar-refractivity contribution in [1.29, 1.82) is 0 Å². The summed E-state index contributed by atoms with van der Waals surface area (Å²) >= 11 is 0. The van der Waals surface area contributed by atoms with E-state index in [4.69, 9.17) is 10.5 Å². The van der Waals surface area contributed by atoms with Crippen LogP contribution in [-0.2, 0) is 11.0 Å². The molecule has 6 nitrogen and oxygen atoms in total. The van der Waals surface area contributed by atoms with E-state index in [1.165, 1.54) is 13.0 Å². The molecule has 0 aliphatic carbocycles. The van der Waals surface area contributed by atoms with Crippen molar-refractivity contribution in [3.05, 3.63) is 53.9 Å². The lowest BCUT2D eigenvalue weighted by Gasteiger charge is -2.17. The van der Waals surface area contributed by atoms with E-state index in [2.05, 4.69) is 15.0 Å². The number of ketones is 1. The number of carbonyl (C=O) groups is 1. The minimum Gasteiger partial charge on any atom is -0.469 e. The summed E-state index contributed by atoms with van der Waals surface area (Å²) in [5, 5.41) is 0. The maximum absolute atomic E-state index is 13.4. The SMILES string of the molecule is CCCC(=O)COc1nc(N)nc(-c2ccccc2)c1-c1cc(C)nc(C(F)(F)F)c1. The average molecular weight is 430 g/mol. The van der Waals surface area contributed by atoms with Crippen LogP contribution in [0.5, 0.6) is 5.88 Å².